The van der Waals surface area contributed by atoms with Crippen LogP contribution in [-0.2, 0) is 38.1 Å². The van der Waals surface area contributed by atoms with Gasteiger partial charge in [-0.1, -0.05) is 24.0 Å². The van der Waals surface area contributed by atoms with Crippen molar-refractivity contribution >= 4 is 59.5 Å². The molecule has 0 aliphatic rings. The van der Waals surface area contributed by atoms with Gasteiger partial charge in [0, 0.05) is 42.0 Å². The highest BCUT2D eigenvalue weighted by Crippen LogP contribution is 2.15. The van der Waals surface area contributed by atoms with E-state index < -0.39 is 90.3 Å². The average Bonchev–Trinajstić information content (AvgIpc) is 3.20. The number of nitrogens with two attached hydrogens (primary N) is 1. The van der Waals surface area contributed by atoms with Gasteiger partial charge in [0.25, 0.3) is 0 Å². The fourth-order valence-electron chi connectivity index (χ4n) is 5.37. The van der Waals surface area contributed by atoms with Crippen LogP contribution in [0.4, 0.5) is 30.6 Å². The number of hydrogen-bond donors (Lipinski definition) is 7. The first-order chi connectivity index (χ1) is 30.1. The van der Waals surface area contributed by atoms with Crippen LogP contribution in [-0.4, -0.2) is 90.5 Å². The number of urea groups is 2. The molecule has 0 aliphatic heterocycles. The third-order valence-corrected chi connectivity index (χ3v) is 8.31. The summed E-state index contributed by atoms with van der Waals surface area (Å²) in [6.07, 6.45) is 8.87. The van der Waals surface area contributed by atoms with E-state index in [1.165, 1.54) is 0 Å². The van der Waals surface area contributed by atoms with Gasteiger partial charge < -0.3 is 56.6 Å². The number of carbonyl (C=O) groups is 8. The van der Waals surface area contributed by atoms with Crippen molar-refractivity contribution in [3.8, 4) is 24.7 Å². The molecule has 0 radical (unpaired) electrons. The largest absolute Gasteiger partial charge is 0.458 e. The molecule has 0 saturated heterocycles. The van der Waals surface area contributed by atoms with E-state index >= 15 is 0 Å². The monoisotopic (exact) mass is 889 g/mol. The Labute approximate surface area is 373 Å². The fraction of sp³-hybridized carbons (Fsp3) is 0.467. The molecule has 0 saturated carbocycles. The second-order valence-electron chi connectivity index (χ2n) is 16.3. The number of anilines is 2. The molecule has 2 unspecified atom stereocenters. The van der Waals surface area contributed by atoms with Crippen LogP contribution < -0.4 is 37.6 Å². The number of hydrogen-bond acceptors (Lipinski definition) is 13. The Morgan fingerprint density at radius 2 is 1.03 bits per heavy atom. The quantitative estimate of drug-likeness (QED) is 0.0305. The van der Waals surface area contributed by atoms with Crippen LogP contribution in [0.15, 0.2) is 48.5 Å². The zero-order valence-electron chi connectivity index (χ0n) is 37.1. The molecule has 0 aromatic heterocycles. The molecule has 0 bridgehead atoms. The number of nitrogens with one attached hydrogen (secondary N) is 6. The molecule has 2 aromatic rings. The van der Waals surface area contributed by atoms with Crippen molar-refractivity contribution < 1.29 is 57.3 Å². The van der Waals surface area contributed by atoms with Crippen LogP contribution in [0, 0.1) is 24.7 Å². The van der Waals surface area contributed by atoms with E-state index in [9.17, 15) is 38.4 Å². The maximum Gasteiger partial charge on any atom is 0.415 e. The maximum atomic E-state index is 12.9. The first-order valence-electron chi connectivity index (χ1n) is 20.5. The minimum Gasteiger partial charge on any atom is -0.458 e. The van der Waals surface area contributed by atoms with E-state index in [1.54, 1.807) is 90.1 Å². The minimum absolute atomic E-state index is 0.0564. The number of alkyl carbamates (subject to hydrolysis) is 2. The molecule has 0 aliphatic carbocycles. The van der Waals surface area contributed by atoms with Gasteiger partial charge in [0.05, 0.1) is 0 Å². The Bertz CT molecular complexity index is 2050. The van der Waals surface area contributed by atoms with Gasteiger partial charge in [-0.25, -0.2) is 33.6 Å². The highest BCUT2D eigenvalue weighted by Gasteiger charge is 2.30. The summed E-state index contributed by atoms with van der Waals surface area (Å²) < 4.78 is 20.4. The molecule has 3 atom stereocenters. The molecule has 19 heteroatoms. The first kappa shape index (κ1) is 53.0. The lowest BCUT2D eigenvalue weighted by atomic mass is 10.1. The Kier molecular flexibility index (Phi) is 21.8. The number of unbranched alkanes of at least 4 members (excludes halogenated alkanes) is 2. The number of terminal acetylenes is 2. The van der Waals surface area contributed by atoms with E-state index in [-0.39, 0.29) is 25.9 Å². The van der Waals surface area contributed by atoms with Crippen LogP contribution in [0.2, 0.25) is 0 Å². The second kappa shape index (κ2) is 26.4. The summed E-state index contributed by atoms with van der Waals surface area (Å²) in [6.45, 7) is 10.3. The number of carbonyl (C=O) groups excluding carboxylic acids is 8. The Hall–Kier alpha value is -7.12. The molecular formula is C45H59N7O12. The Morgan fingerprint density at radius 1 is 0.609 bits per heavy atom. The summed E-state index contributed by atoms with van der Waals surface area (Å²) in [6, 6.07) is 8.56. The molecular weight excluding hydrogens is 831 g/mol. The number of rotatable bonds is 20. The van der Waals surface area contributed by atoms with Crippen LogP contribution in [0.1, 0.15) is 104 Å². The zero-order chi connectivity index (χ0) is 47.9. The van der Waals surface area contributed by atoms with Crippen molar-refractivity contribution in [2.75, 3.05) is 23.7 Å². The standard InChI is InChI=1S/C45H59N7O12/c1-9-29-17-15-19-31(27-29)49-40(57)47-25-13-11-21-34(38(55)63-44(3,4)5)51-42(59)61-36(53)24-23-33(46)37(54)62-43(60)52-35(39(56)64-45(6,7)8)22-12-14-26-48-41(58)50-32-20-16-18-30(10-2)28-32/h1-2,15-20,27-28,33-35H,11-14,21-26,46H2,3-8H3,(H,51,59)(H,52,60)(H2,47,49,57)(H2,48,50,58)/t33-,34?,35?/m0/s1. The predicted octanol–water partition coefficient (Wildman–Crippen LogP) is 4.97. The van der Waals surface area contributed by atoms with Gasteiger partial charge in [0.1, 0.15) is 29.3 Å². The van der Waals surface area contributed by atoms with Crippen LogP contribution >= 0.6 is 0 Å². The highest BCUT2D eigenvalue weighted by molar-refractivity contribution is 5.92. The lowest BCUT2D eigenvalue weighted by molar-refractivity contribution is -0.158. The van der Waals surface area contributed by atoms with Crippen molar-refractivity contribution in [2.24, 2.45) is 5.73 Å². The normalized spacial score (nSPS) is 12.3. The van der Waals surface area contributed by atoms with E-state index in [1.807, 2.05) is 0 Å². The number of benzene rings is 2. The summed E-state index contributed by atoms with van der Waals surface area (Å²) in [7, 11) is 0. The van der Waals surface area contributed by atoms with Gasteiger partial charge in [-0.15, -0.1) is 12.8 Å². The van der Waals surface area contributed by atoms with E-state index in [0.29, 0.717) is 48.2 Å². The topological polar surface area (TPSA) is 272 Å². The minimum atomic E-state index is -1.52. The van der Waals surface area contributed by atoms with Crippen LogP contribution in [0.25, 0.3) is 0 Å². The van der Waals surface area contributed by atoms with Crippen molar-refractivity contribution in [1.29, 1.82) is 0 Å². The first-order valence-corrected chi connectivity index (χ1v) is 20.5. The third kappa shape index (κ3) is 22.6. The molecule has 6 amide bonds. The summed E-state index contributed by atoms with van der Waals surface area (Å²) in [5.41, 5.74) is 6.25. The summed E-state index contributed by atoms with van der Waals surface area (Å²) in [5, 5.41) is 15.3. The number of amides is 6. The van der Waals surface area contributed by atoms with E-state index in [0.717, 1.165) is 0 Å². The van der Waals surface area contributed by atoms with E-state index in [2.05, 4.69) is 43.7 Å². The zero-order valence-corrected chi connectivity index (χ0v) is 37.1. The number of ether oxygens (including phenoxy) is 4. The molecule has 64 heavy (non-hydrogen) atoms. The van der Waals surface area contributed by atoms with Crippen LogP contribution in [0.5, 0.6) is 0 Å². The molecule has 0 heterocycles. The van der Waals surface area contributed by atoms with Gasteiger partial charge in [0.15, 0.2) is 0 Å². The van der Waals surface area contributed by atoms with Crippen molar-refractivity contribution in [3.63, 3.8) is 0 Å². The molecule has 0 fully saturated rings. The van der Waals surface area contributed by atoms with Crippen molar-refractivity contribution in [2.45, 2.75) is 122 Å². The maximum absolute atomic E-state index is 12.9. The highest BCUT2D eigenvalue weighted by atomic mass is 16.6. The van der Waals surface area contributed by atoms with Crippen LogP contribution in [0.3, 0.4) is 0 Å². The fourth-order valence-corrected chi connectivity index (χ4v) is 5.37. The van der Waals surface area contributed by atoms with Crippen molar-refractivity contribution in [3.05, 3.63) is 59.7 Å². The van der Waals surface area contributed by atoms with Gasteiger partial charge >= 0.3 is 48.1 Å². The molecule has 2 rings (SSSR count). The molecule has 8 N–H and O–H groups in total. The smallest absolute Gasteiger partial charge is 0.415 e. The Balaban J connectivity index is 1.83. The Morgan fingerprint density at radius 3 is 1.44 bits per heavy atom. The molecule has 2 aromatic carbocycles. The lowest BCUT2D eigenvalue weighted by Crippen LogP contribution is -2.46. The molecule has 346 valence electrons. The van der Waals surface area contributed by atoms with E-state index in [4.69, 9.17) is 37.5 Å². The predicted molar refractivity (Wildman–Crippen MR) is 236 cm³/mol. The lowest BCUT2D eigenvalue weighted by Gasteiger charge is -2.24. The summed E-state index contributed by atoms with van der Waals surface area (Å²) >= 11 is 0. The molecule has 19 nitrogen and oxygen atoms in total. The third-order valence-electron chi connectivity index (χ3n) is 8.31. The average molecular weight is 890 g/mol. The summed E-state index contributed by atoms with van der Waals surface area (Å²) in [4.78, 5) is 101. The second-order valence-corrected chi connectivity index (χ2v) is 16.3. The van der Waals surface area contributed by atoms with Gasteiger partial charge in [-0.2, -0.15) is 0 Å². The van der Waals surface area contributed by atoms with Gasteiger partial charge in [-0.3, -0.25) is 4.79 Å². The van der Waals surface area contributed by atoms with Crippen molar-refractivity contribution in [1.82, 2.24) is 21.3 Å². The van der Waals surface area contributed by atoms with Gasteiger partial charge in [-0.05, 0) is 123 Å². The molecule has 0 spiro atoms. The summed E-state index contributed by atoms with van der Waals surface area (Å²) in [5.74, 6) is 1.04. The van der Waals surface area contributed by atoms with Gasteiger partial charge in [0.2, 0.25) is 0 Å². The SMILES string of the molecule is C#Cc1cccc(NC(=O)NCCCCC(NC(=O)OC(=O)CC[C@H](N)C(=O)OC(=O)NC(CCCCNC(=O)Nc2cccc(C#C)c2)C(=O)OC(C)(C)C)C(=O)OC(C)(C)C)c1. The number of esters is 4.